The molecule has 6 atom stereocenters. The largest absolute Gasteiger partial charge is 0.337 e. The Hall–Kier alpha value is -2.10. The second kappa shape index (κ2) is 8.10. The highest BCUT2D eigenvalue weighted by Gasteiger charge is 2.43. The number of rotatable bonds is 9. The molecule has 0 spiro atoms. The zero-order valence-corrected chi connectivity index (χ0v) is 16.7. The van der Waals surface area contributed by atoms with Gasteiger partial charge < -0.3 is 9.80 Å². The Kier molecular flexibility index (Phi) is 5.56. The van der Waals surface area contributed by atoms with Crippen LogP contribution in [0.4, 0.5) is 0 Å². The molecule has 4 nitrogen and oxygen atoms in total. The fraction of sp³-hybridized carbons (Fsp3) is 0.583. The Morgan fingerprint density at radius 2 is 1.18 bits per heavy atom. The van der Waals surface area contributed by atoms with Gasteiger partial charge in [0.1, 0.15) is 0 Å². The van der Waals surface area contributed by atoms with Crippen LogP contribution in [0.1, 0.15) is 25.7 Å². The summed E-state index contributed by atoms with van der Waals surface area (Å²) in [5.41, 5.74) is 0. The Labute approximate surface area is 168 Å². The second-order valence-electron chi connectivity index (χ2n) is 8.92. The molecule has 4 bridgehead atoms. The molecule has 4 aliphatic rings. The summed E-state index contributed by atoms with van der Waals surface area (Å²) >= 11 is 0. The number of allylic oxidation sites excluding steroid dienone is 4. The van der Waals surface area contributed by atoms with Crippen molar-refractivity contribution in [1.82, 2.24) is 9.80 Å². The third kappa shape index (κ3) is 3.61. The van der Waals surface area contributed by atoms with Crippen LogP contribution in [0.3, 0.4) is 0 Å². The number of carbonyl (C=O) groups is 2. The molecule has 0 aromatic carbocycles. The Morgan fingerprint density at radius 1 is 0.750 bits per heavy atom. The summed E-state index contributed by atoms with van der Waals surface area (Å²) in [7, 11) is 0. The molecule has 0 aromatic rings. The monoisotopic (exact) mass is 380 g/mol. The first-order chi connectivity index (χ1) is 13.6. The zero-order valence-electron chi connectivity index (χ0n) is 16.7. The smallest absolute Gasteiger partial charge is 0.226 e. The lowest BCUT2D eigenvalue weighted by Crippen LogP contribution is -2.45. The number of nitrogens with zero attached hydrogens (tertiary/aromatic N) is 2. The molecular weight excluding hydrogens is 348 g/mol. The topological polar surface area (TPSA) is 40.6 Å². The average molecular weight is 381 g/mol. The van der Waals surface area contributed by atoms with Gasteiger partial charge in [0.2, 0.25) is 11.8 Å². The van der Waals surface area contributed by atoms with Crippen molar-refractivity contribution in [1.29, 1.82) is 0 Å². The molecule has 0 aliphatic heterocycles. The fourth-order valence-corrected chi connectivity index (χ4v) is 5.73. The summed E-state index contributed by atoms with van der Waals surface area (Å²) < 4.78 is 0. The third-order valence-electron chi connectivity index (χ3n) is 7.15. The van der Waals surface area contributed by atoms with Crippen molar-refractivity contribution in [3.63, 3.8) is 0 Å². The normalized spacial score (nSPS) is 34.0. The Morgan fingerprint density at radius 3 is 1.46 bits per heavy atom. The molecule has 4 rings (SSSR count). The van der Waals surface area contributed by atoms with Gasteiger partial charge in [-0.2, -0.15) is 0 Å². The highest BCUT2D eigenvalue weighted by atomic mass is 16.2. The minimum Gasteiger partial charge on any atom is -0.337 e. The van der Waals surface area contributed by atoms with Crippen LogP contribution in [0.2, 0.25) is 0 Å². The van der Waals surface area contributed by atoms with Crippen LogP contribution in [-0.2, 0) is 9.59 Å². The van der Waals surface area contributed by atoms with Gasteiger partial charge in [0.15, 0.2) is 0 Å². The van der Waals surface area contributed by atoms with E-state index in [0.29, 0.717) is 49.9 Å². The molecule has 6 unspecified atom stereocenters. The van der Waals surface area contributed by atoms with Gasteiger partial charge in [-0.1, -0.05) is 36.5 Å². The highest BCUT2D eigenvalue weighted by Crippen LogP contribution is 2.45. The SMILES string of the molecule is C=CCN(CCN(CC=C)C(=O)C1CC2C=CC1C2)C(=O)C1CC2C=CC1C2. The van der Waals surface area contributed by atoms with E-state index in [1.807, 2.05) is 9.80 Å². The first-order valence-corrected chi connectivity index (χ1v) is 10.8. The zero-order chi connectivity index (χ0) is 19.7. The van der Waals surface area contributed by atoms with Crippen molar-refractivity contribution in [2.24, 2.45) is 35.5 Å². The molecule has 0 heterocycles. The van der Waals surface area contributed by atoms with Gasteiger partial charge in [0, 0.05) is 38.0 Å². The van der Waals surface area contributed by atoms with Gasteiger partial charge in [-0.25, -0.2) is 0 Å². The van der Waals surface area contributed by atoms with E-state index < -0.39 is 0 Å². The van der Waals surface area contributed by atoms with Crippen molar-refractivity contribution in [3.05, 3.63) is 49.6 Å². The highest BCUT2D eigenvalue weighted by molar-refractivity contribution is 5.81. The van der Waals surface area contributed by atoms with E-state index >= 15 is 0 Å². The maximum Gasteiger partial charge on any atom is 0.226 e. The van der Waals surface area contributed by atoms with Crippen LogP contribution in [0.15, 0.2) is 49.6 Å². The number of fused-ring (bicyclic) bond motifs is 4. The summed E-state index contributed by atoms with van der Waals surface area (Å²) in [5, 5.41) is 0. The fourth-order valence-electron chi connectivity index (χ4n) is 5.73. The molecule has 4 aliphatic carbocycles. The molecule has 2 fully saturated rings. The summed E-state index contributed by atoms with van der Waals surface area (Å²) in [5.74, 6) is 2.62. The quantitative estimate of drug-likeness (QED) is 0.575. The van der Waals surface area contributed by atoms with E-state index in [1.165, 1.54) is 0 Å². The Balaban J connectivity index is 1.38. The van der Waals surface area contributed by atoms with E-state index in [2.05, 4.69) is 37.5 Å². The minimum absolute atomic E-state index is 0.106. The molecule has 28 heavy (non-hydrogen) atoms. The van der Waals surface area contributed by atoms with Crippen molar-refractivity contribution in [2.75, 3.05) is 26.2 Å². The van der Waals surface area contributed by atoms with E-state index in [9.17, 15) is 9.59 Å². The van der Waals surface area contributed by atoms with Crippen molar-refractivity contribution < 1.29 is 9.59 Å². The van der Waals surface area contributed by atoms with Crippen LogP contribution in [0.25, 0.3) is 0 Å². The number of hydrogen-bond acceptors (Lipinski definition) is 2. The van der Waals surface area contributed by atoms with Gasteiger partial charge in [-0.3, -0.25) is 9.59 Å². The molecule has 0 saturated heterocycles. The van der Waals surface area contributed by atoms with Crippen molar-refractivity contribution in [3.8, 4) is 0 Å². The molecule has 4 heteroatoms. The summed E-state index contributed by atoms with van der Waals surface area (Å²) in [6, 6.07) is 0. The lowest BCUT2D eigenvalue weighted by Gasteiger charge is -2.32. The number of amides is 2. The van der Waals surface area contributed by atoms with Crippen LogP contribution >= 0.6 is 0 Å². The maximum absolute atomic E-state index is 13.1. The lowest BCUT2D eigenvalue weighted by atomic mass is 9.92. The average Bonchev–Trinajstić information content (AvgIpc) is 3.49. The van der Waals surface area contributed by atoms with E-state index in [1.54, 1.807) is 12.2 Å². The van der Waals surface area contributed by atoms with Crippen molar-refractivity contribution in [2.45, 2.75) is 25.7 Å². The van der Waals surface area contributed by atoms with Gasteiger partial charge in [0.05, 0.1) is 0 Å². The molecule has 0 aromatic heterocycles. The summed E-state index contributed by atoms with van der Waals surface area (Å²) in [6.07, 6.45) is 16.7. The maximum atomic E-state index is 13.1. The molecule has 2 saturated carbocycles. The standard InChI is InChI=1S/C24H32N2O2/c1-3-9-25(23(27)21-15-17-5-7-19(21)13-17)11-12-26(10-4-2)24(28)22-16-18-6-8-20(22)14-18/h3-8,17-22H,1-2,9-16H2. The van der Waals surface area contributed by atoms with Gasteiger partial charge in [-0.15, -0.1) is 13.2 Å². The second-order valence-corrected chi connectivity index (χ2v) is 8.92. The molecular formula is C24H32N2O2. The number of hydrogen-bond donors (Lipinski definition) is 0. The third-order valence-corrected chi connectivity index (χ3v) is 7.15. The van der Waals surface area contributed by atoms with Crippen LogP contribution in [0, 0.1) is 35.5 Å². The molecule has 0 N–H and O–H groups in total. The summed E-state index contributed by atoms with van der Waals surface area (Å²) in [4.78, 5) is 30.1. The number of carbonyl (C=O) groups excluding carboxylic acids is 2. The van der Waals surface area contributed by atoms with Crippen LogP contribution in [-0.4, -0.2) is 47.8 Å². The van der Waals surface area contributed by atoms with Crippen LogP contribution in [0.5, 0.6) is 0 Å². The van der Waals surface area contributed by atoms with E-state index in [0.717, 1.165) is 25.7 Å². The molecule has 2 amide bonds. The van der Waals surface area contributed by atoms with E-state index in [4.69, 9.17) is 0 Å². The first-order valence-electron chi connectivity index (χ1n) is 10.8. The predicted octanol–water partition coefficient (Wildman–Crippen LogP) is 3.44. The van der Waals surface area contributed by atoms with Gasteiger partial charge >= 0.3 is 0 Å². The van der Waals surface area contributed by atoms with E-state index in [-0.39, 0.29) is 23.7 Å². The minimum atomic E-state index is 0.106. The lowest BCUT2D eigenvalue weighted by molar-refractivity contribution is -0.139. The van der Waals surface area contributed by atoms with Gasteiger partial charge in [0.25, 0.3) is 0 Å². The molecule has 150 valence electrons. The first kappa shape index (κ1) is 19.2. The van der Waals surface area contributed by atoms with Gasteiger partial charge in [-0.05, 0) is 49.4 Å². The Bertz CT molecular complexity index is 649. The van der Waals surface area contributed by atoms with Crippen LogP contribution < -0.4 is 0 Å². The summed E-state index contributed by atoms with van der Waals surface area (Å²) in [6.45, 7) is 9.89. The van der Waals surface area contributed by atoms with Crippen molar-refractivity contribution >= 4 is 11.8 Å². The predicted molar refractivity (Wildman–Crippen MR) is 111 cm³/mol. The molecule has 0 radical (unpaired) electrons.